The van der Waals surface area contributed by atoms with Crippen LogP contribution >= 0.6 is 15.9 Å². The van der Waals surface area contributed by atoms with Crippen LogP contribution in [0.15, 0.2) is 40.9 Å². The van der Waals surface area contributed by atoms with Crippen molar-refractivity contribution >= 4 is 21.8 Å². The molecule has 0 atom stereocenters. The van der Waals surface area contributed by atoms with Crippen molar-refractivity contribution in [3.63, 3.8) is 0 Å². The lowest BCUT2D eigenvalue weighted by molar-refractivity contribution is -0.129. The number of hydrogen-bond acceptors (Lipinski definition) is 3. The standard InChI is InChI=1S/C19H21BrFNO3/c1-22(19(23)12-14-4-6-16(21)15(20)10-14)9-8-13-5-7-17(24-2)18(11-13)25-3/h4-7,10-11H,8-9,12H2,1-3H3. The summed E-state index contributed by atoms with van der Waals surface area (Å²) in [7, 11) is 4.96. The van der Waals surface area contributed by atoms with Crippen molar-refractivity contribution in [1.82, 2.24) is 4.90 Å². The number of rotatable bonds is 7. The number of amides is 1. The van der Waals surface area contributed by atoms with Crippen molar-refractivity contribution in [2.45, 2.75) is 12.8 Å². The number of ether oxygens (including phenoxy) is 2. The third kappa shape index (κ3) is 5.19. The zero-order chi connectivity index (χ0) is 18.4. The molecule has 0 heterocycles. The molecule has 134 valence electrons. The zero-order valence-corrected chi connectivity index (χ0v) is 16.1. The van der Waals surface area contributed by atoms with Crippen LogP contribution < -0.4 is 9.47 Å². The fourth-order valence-electron chi connectivity index (χ4n) is 2.42. The number of likely N-dealkylation sites (N-methyl/N-ethyl adjacent to an activating group) is 1. The molecule has 2 rings (SSSR count). The van der Waals surface area contributed by atoms with Gasteiger partial charge in [-0.3, -0.25) is 4.79 Å². The van der Waals surface area contributed by atoms with Gasteiger partial charge in [0, 0.05) is 13.6 Å². The van der Waals surface area contributed by atoms with Gasteiger partial charge in [0.15, 0.2) is 11.5 Å². The quantitative estimate of drug-likeness (QED) is 0.696. The summed E-state index contributed by atoms with van der Waals surface area (Å²) < 4.78 is 24.1. The first kappa shape index (κ1) is 19.2. The topological polar surface area (TPSA) is 38.8 Å². The molecule has 4 nitrogen and oxygen atoms in total. The Labute approximate surface area is 155 Å². The van der Waals surface area contributed by atoms with Gasteiger partial charge in [-0.25, -0.2) is 4.39 Å². The second-order valence-corrected chi connectivity index (χ2v) is 6.53. The van der Waals surface area contributed by atoms with E-state index in [2.05, 4.69) is 15.9 Å². The molecule has 0 N–H and O–H groups in total. The maximum absolute atomic E-state index is 13.3. The third-order valence-electron chi connectivity index (χ3n) is 3.95. The highest BCUT2D eigenvalue weighted by atomic mass is 79.9. The number of hydrogen-bond donors (Lipinski definition) is 0. The lowest BCUT2D eigenvalue weighted by Gasteiger charge is -2.18. The minimum Gasteiger partial charge on any atom is -0.493 e. The van der Waals surface area contributed by atoms with Crippen LogP contribution in [-0.4, -0.2) is 38.6 Å². The van der Waals surface area contributed by atoms with E-state index >= 15 is 0 Å². The van der Waals surface area contributed by atoms with E-state index in [9.17, 15) is 9.18 Å². The van der Waals surface area contributed by atoms with Crippen molar-refractivity contribution in [2.75, 3.05) is 27.8 Å². The first-order chi connectivity index (χ1) is 11.9. The number of benzene rings is 2. The summed E-state index contributed by atoms with van der Waals surface area (Å²) in [5.74, 6) is 1.000. The molecule has 0 unspecified atom stereocenters. The lowest BCUT2D eigenvalue weighted by Crippen LogP contribution is -2.30. The van der Waals surface area contributed by atoms with E-state index in [1.165, 1.54) is 6.07 Å². The average Bonchev–Trinajstić information content (AvgIpc) is 2.62. The van der Waals surface area contributed by atoms with Crippen LogP contribution in [-0.2, 0) is 17.6 Å². The Morgan fingerprint density at radius 1 is 1.08 bits per heavy atom. The molecule has 1 amide bonds. The summed E-state index contributed by atoms with van der Waals surface area (Å²) in [5, 5.41) is 0. The molecule has 0 fully saturated rings. The predicted octanol–water partition coefficient (Wildman–Crippen LogP) is 3.85. The zero-order valence-electron chi connectivity index (χ0n) is 14.5. The average molecular weight is 410 g/mol. The smallest absolute Gasteiger partial charge is 0.226 e. The van der Waals surface area contributed by atoms with Gasteiger partial charge < -0.3 is 14.4 Å². The van der Waals surface area contributed by atoms with E-state index in [0.717, 1.165) is 11.1 Å². The largest absolute Gasteiger partial charge is 0.493 e. The Bertz CT molecular complexity index is 751. The number of methoxy groups -OCH3 is 2. The van der Waals surface area contributed by atoms with Crippen LogP contribution in [0.1, 0.15) is 11.1 Å². The number of nitrogens with zero attached hydrogens (tertiary/aromatic N) is 1. The van der Waals surface area contributed by atoms with Gasteiger partial charge in [-0.15, -0.1) is 0 Å². The molecule has 0 bridgehead atoms. The van der Waals surface area contributed by atoms with Gasteiger partial charge in [0.1, 0.15) is 5.82 Å². The van der Waals surface area contributed by atoms with Gasteiger partial charge in [0.05, 0.1) is 25.1 Å². The van der Waals surface area contributed by atoms with Crippen molar-refractivity contribution < 1.29 is 18.7 Å². The molecule has 0 aliphatic rings. The number of carbonyl (C=O) groups excluding carboxylic acids is 1. The van der Waals surface area contributed by atoms with Crippen LogP contribution in [0.2, 0.25) is 0 Å². The molecule has 2 aromatic carbocycles. The van der Waals surface area contributed by atoms with Gasteiger partial charge in [-0.2, -0.15) is 0 Å². The maximum Gasteiger partial charge on any atom is 0.226 e. The summed E-state index contributed by atoms with van der Waals surface area (Å²) in [4.78, 5) is 14.0. The van der Waals surface area contributed by atoms with Gasteiger partial charge in [-0.05, 0) is 57.7 Å². The van der Waals surface area contributed by atoms with E-state index in [0.29, 0.717) is 28.9 Å². The minimum atomic E-state index is -0.335. The van der Waals surface area contributed by atoms with Gasteiger partial charge >= 0.3 is 0 Å². The predicted molar refractivity (Wildman–Crippen MR) is 98.7 cm³/mol. The molecule has 0 radical (unpaired) electrons. The first-order valence-electron chi connectivity index (χ1n) is 7.83. The Morgan fingerprint density at radius 2 is 1.76 bits per heavy atom. The van der Waals surface area contributed by atoms with Gasteiger partial charge in [-0.1, -0.05) is 12.1 Å². The fourth-order valence-corrected chi connectivity index (χ4v) is 2.84. The van der Waals surface area contributed by atoms with Crippen LogP contribution in [0.25, 0.3) is 0 Å². The highest BCUT2D eigenvalue weighted by Crippen LogP contribution is 2.27. The van der Waals surface area contributed by atoms with Crippen molar-refractivity contribution in [1.29, 1.82) is 0 Å². The Balaban J connectivity index is 1.93. The van der Waals surface area contributed by atoms with Crippen LogP contribution in [0.4, 0.5) is 4.39 Å². The summed E-state index contributed by atoms with van der Waals surface area (Å²) in [5.41, 5.74) is 1.83. The van der Waals surface area contributed by atoms with E-state index < -0.39 is 0 Å². The van der Waals surface area contributed by atoms with Crippen LogP contribution in [0.5, 0.6) is 11.5 Å². The molecule has 0 spiro atoms. The first-order valence-corrected chi connectivity index (χ1v) is 8.62. The second-order valence-electron chi connectivity index (χ2n) is 5.68. The summed E-state index contributed by atoms with van der Waals surface area (Å²) in [6, 6.07) is 10.3. The van der Waals surface area contributed by atoms with Gasteiger partial charge in [0.2, 0.25) is 5.91 Å². The Hall–Kier alpha value is -2.08. The molecule has 0 aliphatic carbocycles. The highest BCUT2D eigenvalue weighted by Gasteiger charge is 2.12. The summed E-state index contributed by atoms with van der Waals surface area (Å²) >= 11 is 3.14. The van der Waals surface area contributed by atoms with Crippen LogP contribution in [0.3, 0.4) is 0 Å². The normalized spacial score (nSPS) is 10.4. The summed E-state index contributed by atoms with van der Waals surface area (Å²) in [6.45, 7) is 0.580. The van der Waals surface area contributed by atoms with Crippen LogP contribution in [0, 0.1) is 5.82 Å². The molecular weight excluding hydrogens is 389 g/mol. The molecule has 0 saturated heterocycles. The second kappa shape index (κ2) is 8.85. The monoisotopic (exact) mass is 409 g/mol. The van der Waals surface area contributed by atoms with Crippen molar-refractivity contribution in [3.05, 3.63) is 57.8 Å². The Kier molecular flexibility index (Phi) is 6.82. The molecule has 6 heteroatoms. The number of halogens is 2. The van der Waals surface area contributed by atoms with E-state index in [1.807, 2.05) is 18.2 Å². The lowest BCUT2D eigenvalue weighted by atomic mass is 10.1. The minimum absolute atomic E-state index is 0.0148. The Morgan fingerprint density at radius 3 is 2.40 bits per heavy atom. The summed E-state index contributed by atoms with van der Waals surface area (Å²) in [6.07, 6.45) is 0.941. The molecule has 0 saturated carbocycles. The van der Waals surface area contributed by atoms with Gasteiger partial charge in [0.25, 0.3) is 0 Å². The molecule has 0 aliphatic heterocycles. The third-order valence-corrected chi connectivity index (χ3v) is 4.56. The van der Waals surface area contributed by atoms with E-state index in [1.54, 1.807) is 38.3 Å². The van der Waals surface area contributed by atoms with Crippen molar-refractivity contribution in [2.24, 2.45) is 0 Å². The fraction of sp³-hybridized carbons (Fsp3) is 0.316. The van der Waals surface area contributed by atoms with Crippen molar-refractivity contribution in [3.8, 4) is 11.5 Å². The maximum atomic E-state index is 13.3. The van der Waals surface area contributed by atoms with E-state index in [4.69, 9.17) is 9.47 Å². The SMILES string of the molecule is COc1ccc(CCN(C)C(=O)Cc2ccc(F)c(Br)c2)cc1OC. The molecule has 2 aromatic rings. The molecular formula is C19H21BrFNO3. The highest BCUT2D eigenvalue weighted by molar-refractivity contribution is 9.10. The van der Waals surface area contributed by atoms with E-state index in [-0.39, 0.29) is 18.1 Å². The number of carbonyl (C=O) groups is 1. The molecule has 0 aromatic heterocycles. The molecule has 25 heavy (non-hydrogen) atoms.